The number of hydrogen-bond donors (Lipinski definition) is 2. The second-order valence-corrected chi connectivity index (χ2v) is 8.36. The summed E-state index contributed by atoms with van der Waals surface area (Å²) < 4.78 is 27.2. The maximum Gasteiger partial charge on any atom is 0.240 e. The first-order chi connectivity index (χ1) is 9.85. The lowest BCUT2D eigenvalue weighted by atomic mass is 10.1. The van der Waals surface area contributed by atoms with E-state index in [1.54, 1.807) is 12.1 Å². The number of aryl methyl sites for hydroxylation is 1. The first-order valence-corrected chi connectivity index (χ1v) is 9.07. The van der Waals surface area contributed by atoms with Crippen molar-refractivity contribution in [1.29, 1.82) is 0 Å². The third-order valence-corrected chi connectivity index (χ3v) is 5.80. The molecule has 1 aliphatic carbocycles. The van der Waals surface area contributed by atoms with Crippen molar-refractivity contribution in [2.75, 3.05) is 20.1 Å². The van der Waals surface area contributed by atoms with Gasteiger partial charge >= 0.3 is 0 Å². The molecule has 0 radical (unpaired) electrons. The van der Waals surface area contributed by atoms with E-state index in [4.69, 9.17) is 0 Å². The van der Waals surface area contributed by atoms with Crippen LogP contribution in [0.3, 0.4) is 0 Å². The van der Waals surface area contributed by atoms with Gasteiger partial charge in [0.2, 0.25) is 10.0 Å². The van der Waals surface area contributed by atoms with Crippen molar-refractivity contribution in [3.05, 3.63) is 29.8 Å². The zero-order chi connectivity index (χ0) is 15.5. The smallest absolute Gasteiger partial charge is 0.240 e. The highest BCUT2D eigenvalue weighted by atomic mass is 32.2. The summed E-state index contributed by atoms with van der Waals surface area (Å²) in [6.45, 7) is 5.86. The number of rotatable bonds is 8. The molecule has 21 heavy (non-hydrogen) atoms. The van der Waals surface area contributed by atoms with Gasteiger partial charge in [0, 0.05) is 6.54 Å². The molecule has 118 valence electrons. The zero-order valence-corrected chi connectivity index (χ0v) is 14.0. The minimum atomic E-state index is -3.37. The van der Waals surface area contributed by atoms with E-state index in [0.29, 0.717) is 22.8 Å². The van der Waals surface area contributed by atoms with Crippen LogP contribution in [-0.2, 0) is 16.4 Å². The molecule has 0 heterocycles. The third-order valence-electron chi connectivity index (χ3n) is 4.36. The van der Waals surface area contributed by atoms with Crippen molar-refractivity contribution in [1.82, 2.24) is 10.0 Å². The van der Waals surface area contributed by atoms with Crippen molar-refractivity contribution < 1.29 is 8.42 Å². The fourth-order valence-electron chi connectivity index (χ4n) is 2.52. The molecule has 1 aliphatic rings. The van der Waals surface area contributed by atoms with Crippen LogP contribution in [0.15, 0.2) is 29.2 Å². The molecule has 1 saturated carbocycles. The summed E-state index contributed by atoms with van der Waals surface area (Å²) in [5.41, 5.74) is 1.46. The zero-order valence-electron chi connectivity index (χ0n) is 13.1. The van der Waals surface area contributed by atoms with E-state index in [2.05, 4.69) is 23.9 Å². The summed E-state index contributed by atoms with van der Waals surface area (Å²) in [5.74, 6) is 0.466. The van der Waals surface area contributed by atoms with Crippen LogP contribution in [0.4, 0.5) is 0 Å². The maximum absolute atomic E-state index is 12.2. The highest BCUT2D eigenvalue weighted by molar-refractivity contribution is 7.89. The molecule has 0 saturated heterocycles. The van der Waals surface area contributed by atoms with Crippen LogP contribution >= 0.6 is 0 Å². The Morgan fingerprint density at radius 3 is 2.38 bits per heavy atom. The SMILES string of the molecule is CNCCCc1ccc(S(=O)(=O)NCC2CC2(C)C)cc1. The van der Waals surface area contributed by atoms with Crippen LogP contribution in [0.25, 0.3) is 0 Å². The van der Waals surface area contributed by atoms with E-state index in [0.717, 1.165) is 25.8 Å². The largest absolute Gasteiger partial charge is 0.320 e. The van der Waals surface area contributed by atoms with Crippen molar-refractivity contribution in [2.45, 2.75) is 38.0 Å². The van der Waals surface area contributed by atoms with Crippen molar-refractivity contribution in [2.24, 2.45) is 11.3 Å². The van der Waals surface area contributed by atoms with Gasteiger partial charge in [-0.15, -0.1) is 0 Å². The predicted molar refractivity (Wildman–Crippen MR) is 85.8 cm³/mol. The van der Waals surface area contributed by atoms with Gasteiger partial charge in [-0.05, 0) is 61.9 Å². The lowest BCUT2D eigenvalue weighted by Crippen LogP contribution is -2.26. The monoisotopic (exact) mass is 310 g/mol. The molecule has 1 fully saturated rings. The number of nitrogens with one attached hydrogen (secondary N) is 2. The van der Waals surface area contributed by atoms with Gasteiger partial charge in [0.1, 0.15) is 0 Å². The Morgan fingerprint density at radius 2 is 1.86 bits per heavy atom. The second-order valence-electron chi connectivity index (χ2n) is 6.59. The molecule has 0 amide bonds. The van der Waals surface area contributed by atoms with Gasteiger partial charge in [0.25, 0.3) is 0 Å². The van der Waals surface area contributed by atoms with Gasteiger partial charge in [0.05, 0.1) is 4.90 Å². The molecule has 4 nitrogen and oxygen atoms in total. The average Bonchev–Trinajstić information content (AvgIpc) is 3.05. The topological polar surface area (TPSA) is 58.2 Å². The molecule has 2 N–H and O–H groups in total. The summed E-state index contributed by atoms with van der Waals surface area (Å²) in [6.07, 6.45) is 3.11. The van der Waals surface area contributed by atoms with E-state index in [1.165, 1.54) is 5.56 Å². The highest BCUT2D eigenvalue weighted by Crippen LogP contribution is 2.51. The fraction of sp³-hybridized carbons (Fsp3) is 0.625. The van der Waals surface area contributed by atoms with Crippen molar-refractivity contribution in [3.63, 3.8) is 0 Å². The molecule has 0 aromatic heterocycles. The molecule has 0 aliphatic heterocycles. The lowest BCUT2D eigenvalue weighted by Gasteiger charge is -2.09. The summed E-state index contributed by atoms with van der Waals surface area (Å²) in [5, 5.41) is 3.11. The van der Waals surface area contributed by atoms with Crippen LogP contribution in [-0.4, -0.2) is 28.6 Å². The summed E-state index contributed by atoms with van der Waals surface area (Å²) >= 11 is 0. The van der Waals surface area contributed by atoms with Gasteiger partial charge in [-0.3, -0.25) is 0 Å². The van der Waals surface area contributed by atoms with E-state index < -0.39 is 10.0 Å². The maximum atomic E-state index is 12.2. The quantitative estimate of drug-likeness (QED) is 0.724. The Morgan fingerprint density at radius 1 is 1.24 bits per heavy atom. The van der Waals surface area contributed by atoms with Gasteiger partial charge in [-0.2, -0.15) is 0 Å². The molecule has 1 aromatic carbocycles. The minimum absolute atomic E-state index is 0.291. The summed E-state index contributed by atoms with van der Waals surface area (Å²) in [7, 11) is -1.44. The summed E-state index contributed by atoms with van der Waals surface area (Å²) in [4.78, 5) is 0.360. The van der Waals surface area contributed by atoms with E-state index >= 15 is 0 Å². The Labute approximate surface area is 128 Å². The molecule has 1 unspecified atom stereocenters. The van der Waals surface area contributed by atoms with Crippen LogP contribution in [0, 0.1) is 11.3 Å². The van der Waals surface area contributed by atoms with E-state index in [9.17, 15) is 8.42 Å². The van der Waals surface area contributed by atoms with Gasteiger partial charge < -0.3 is 5.32 Å². The molecular weight excluding hydrogens is 284 g/mol. The van der Waals surface area contributed by atoms with Crippen molar-refractivity contribution in [3.8, 4) is 0 Å². The Bertz CT molecular complexity index is 564. The third kappa shape index (κ3) is 4.53. The number of hydrogen-bond acceptors (Lipinski definition) is 3. The molecule has 2 rings (SSSR count). The Hall–Kier alpha value is -0.910. The van der Waals surface area contributed by atoms with Gasteiger partial charge in [0.15, 0.2) is 0 Å². The molecule has 1 atom stereocenters. The van der Waals surface area contributed by atoms with E-state index in [1.807, 2.05) is 19.2 Å². The normalized spacial score (nSPS) is 20.4. The molecule has 5 heteroatoms. The molecule has 1 aromatic rings. The Kier molecular flexibility index (Phi) is 5.07. The van der Waals surface area contributed by atoms with Crippen LogP contribution in [0.5, 0.6) is 0 Å². The lowest BCUT2D eigenvalue weighted by molar-refractivity contribution is 0.537. The van der Waals surface area contributed by atoms with Crippen LogP contribution < -0.4 is 10.0 Å². The predicted octanol–water partition coefficient (Wildman–Crippen LogP) is 2.16. The summed E-state index contributed by atoms with van der Waals surface area (Å²) in [6, 6.07) is 7.22. The second kappa shape index (κ2) is 6.46. The van der Waals surface area contributed by atoms with E-state index in [-0.39, 0.29) is 0 Å². The molecular formula is C16H26N2O2S. The van der Waals surface area contributed by atoms with Crippen LogP contribution in [0.1, 0.15) is 32.3 Å². The Balaban J connectivity index is 1.90. The highest BCUT2D eigenvalue weighted by Gasteiger charge is 2.45. The molecule has 0 bridgehead atoms. The van der Waals surface area contributed by atoms with Crippen LogP contribution in [0.2, 0.25) is 0 Å². The van der Waals surface area contributed by atoms with Gasteiger partial charge in [-0.25, -0.2) is 13.1 Å². The van der Waals surface area contributed by atoms with Gasteiger partial charge in [-0.1, -0.05) is 26.0 Å². The fourth-order valence-corrected chi connectivity index (χ4v) is 3.60. The number of sulfonamides is 1. The minimum Gasteiger partial charge on any atom is -0.320 e. The number of benzene rings is 1. The molecule has 0 spiro atoms. The standard InChI is InChI=1S/C16H26N2O2S/c1-16(2)11-14(16)12-18-21(19,20)15-8-6-13(7-9-15)5-4-10-17-3/h6-9,14,17-18H,4-5,10-12H2,1-3H3. The first kappa shape index (κ1) is 16.5. The average molecular weight is 310 g/mol. The van der Waals surface area contributed by atoms with Crippen molar-refractivity contribution >= 4 is 10.0 Å². The first-order valence-electron chi connectivity index (χ1n) is 7.58.